The van der Waals surface area contributed by atoms with Crippen molar-refractivity contribution in [2.45, 2.75) is 19.8 Å². The monoisotopic (exact) mass is 417 g/mol. The lowest BCUT2D eigenvalue weighted by Gasteiger charge is -2.24. The average molecular weight is 417 g/mol. The molecule has 1 aliphatic heterocycles. The molecule has 0 aliphatic carbocycles. The summed E-state index contributed by atoms with van der Waals surface area (Å²) in [5.41, 5.74) is 2.75. The number of guanidine groups is 1. The van der Waals surface area contributed by atoms with Gasteiger partial charge in [-0.25, -0.2) is 0 Å². The number of nitrogens with zero attached hydrogens (tertiary/aromatic N) is 2. The van der Waals surface area contributed by atoms with Crippen molar-refractivity contribution in [2.24, 2.45) is 10.9 Å². The first-order valence-electron chi connectivity index (χ1n) is 7.74. The average Bonchev–Trinajstić information content (AvgIpc) is 2.98. The number of rotatable bonds is 5. The summed E-state index contributed by atoms with van der Waals surface area (Å²) < 4.78 is 5.44. The SMILES string of the molecule is CN=C(NCCc1ccccc1C)N(C)CC1CCOC1.I. The third-order valence-corrected chi connectivity index (χ3v) is 4.07. The van der Waals surface area contributed by atoms with Crippen LogP contribution in [-0.2, 0) is 11.2 Å². The Hall–Kier alpha value is -0.820. The molecule has 0 aromatic heterocycles. The maximum Gasteiger partial charge on any atom is 0.193 e. The Morgan fingerprint density at radius 1 is 1.41 bits per heavy atom. The van der Waals surface area contributed by atoms with Crippen LogP contribution in [0.3, 0.4) is 0 Å². The molecule has 5 heteroatoms. The van der Waals surface area contributed by atoms with E-state index in [0.717, 1.165) is 45.1 Å². The number of aliphatic imine (C=N–C) groups is 1. The number of hydrogen-bond donors (Lipinski definition) is 1. The van der Waals surface area contributed by atoms with E-state index in [1.165, 1.54) is 11.1 Å². The highest BCUT2D eigenvalue weighted by molar-refractivity contribution is 14.0. The van der Waals surface area contributed by atoms with Gasteiger partial charge in [0, 0.05) is 39.7 Å². The van der Waals surface area contributed by atoms with Gasteiger partial charge < -0.3 is 15.0 Å². The maximum atomic E-state index is 5.44. The Morgan fingerprint density at radius 3 is 2.82 bits per heavy atom. The van der Waals surface area contributed by atoms with Gasteiger partial charge in [-0.2, -0.15) is 0 Å². The molecular formula is C17H28IN3O. The quantitative estimate of drug-likeness (QED) is 0.455. The fraction of sp³-hybridized carbons (Fsp3) is 0.588. The van der Waals surface area contributed by atoms with Crippen molar-refractivity contribution in [2.75, 3.05) is 40.4 Å². The second-order valence-corrected chi connectivity index (χ2v) is 5.76. The number of ether oxygens (including phenoxy) is 1. The molecule has 1 N–H and O–H groups in total. The van der Waals surface area contributed by atoms with E-state index in [1.54, 1.807) is 0 Å². The van der Waals surface area contributed by atoms with Crippen molar-refractivity contribution in [3.63, 3.8) is 0 Å². The van der Waals surface area contributed by atoms with E-state index in [9.17, 15) is 0 Å². The molecule has 1 aromatic carbocycles. The molecule has 0 saturated carbocycles. The molecular weight excluding hydrogens is 389 g/mol. The Balaban J connectivity index is 0.00000242. The van der Waals surface area contributed by atoms with Crippen LogP contribution in [0.15, 0.2) is 29.3 Å². The van der Waals surface area contributed by atoms with Gasteiger partial charge in [0.25, 0.3) is 0 Å². The van der Waals surface area contributed by atoms with E-state index in [4.69, 9.17) is 4.74 Å². The first kappa shape index (κ1) is 19.2. The van der Waals surface area contributed by atoms with E-state index in [2.05, 4.69) is 53.4 Å². The van der Waals surface area contributed by atoms with Crippen molar-refractivity contribution in [1.82, 2.24) is 10.2 Å². The molecule has 1 saturated heterocycles. The van der Waals surface area contributed by atoms with Crippen LogP contribution < -0.4 is 5.32 Å². The second kappa shape index (κ2) is 10.0. The van der Waals surface area contributed by atoms with E-state index >= 15 is 0 Å². The third-order valence-electron chi connectivity index (χ3n) is 4.07. The molecule has 1 heterocycles. The van der Waals surface area contributed by atoms with Gasteiger partial charge in [0.2, 0.25) is 0 Å². The molecule has 1 aliphatic rings. The summed E-state index contributed by atoms with van der Waals surface area (Å²) in [5.74, 6) is 1.60. The lowest BCUT2D eigenvalue weighted by atomic mass is 10.1. The Bertz CT molecular complexity index is 473. The highest BCUT2D eigenvalue weighted by Crippen LogP contribution is 2.13. The lowest BCUT2D eigenvalue weighted by Crippen LogP contribution is -2.42. The fourth-order valence-corrected chi connectivity index (χ4v) is 2.79. The Labute approximate surface area is 151 Å². The predicted octanol–water partition coefficient (Wildman–Crippen LogP) is 2.70. The van der Waals surface area contributed by atoms with E-state index in [1.807, 2.05) is 7.05 Å². The number of halogens is 1. The van der Waals surface area contributed by atoms with Gasteiger partial charge in [-0.15, -0.1) is 24.0 Å². The highest BCUT2D eigenvalue weighted by Gasteiger charge is 2.18. The van der Waals surface area contributed by atoms with Crippen molar-refractivity contribution < 1.29 is 4.74 Å². The van der Waals surface area contributed by atoms with E-state index < -0.39 is 0 Å². The summed E-state index contributed by atoms with van der Waals surface area (Å²) in [6, 6.07) is 8.54. The molecule has 0 radical (unpaired) electrons. The van der Waals surface area contributed by atoms with Crippen molar-refractivity contribution in [3.05, 3.63) is 35.4 Å². The van der Waals surface area contributed by atoms with E-state index in [0.29, 0.717) is 5.92 Å². The topological polar surface area (TPSA) is 36.9 Å². The number of nitrogens with one attached hydrogen (secondary N) is 1. The molecule has 1 aromatic rings. The van der Waals surface area contributed by atoms with Gasteiger partial charge in [0.05, 0.1) is 6.61 Å². The standard InChI is InChI=1S/C17H27N3O.HI/c1-14-6-4-5-7-16(14)8-10-19-17(18-2)20(3)12-15-9-11-21-13-15;/h4-7,15H,8-13H2,1-3H3,(H,18,19);1H. The van der Waals surface area contributed by atoms with Crippen molar-refractivity contribution in [1.29, 1.82) is 0 Å². The van der Waals surface area contributed by atoms with Gasteiger partial charge >= 0.3 is 0 Å². The number of benzene rings is 1. The van der Waals surface area contributed by atoms with Crippen LogP contribution >= 0.6 is 24.0 Å². The lowest BCUT2D eigenvalue weighted by molar-refractivity contribution is 0.181. The van der Waals surface area contributed by atoms with Crippen molar-refractivity contribution in [3.8, 4) is 0 Å². The number of hydrogen-bond acceptors (Lipinski definition) is 2. The predicted molar refractivity (Wildman–Crippen MR) is 103 cm³/mol. The summed E-state index contributed by atoms with van der Waals surface area (Å²) in [7, 11) is 3.94. The molecule has 0 amide bonds. The summed E-state index contributed by atoms with van der Waals surface area (Å²) in [5, 5.41) is 3.45. The normalized spacial score (nSPS) is 18.0. The minimum absolute atomic E-state index is 0. The van der Waals surface area contributed by atoms with Gasteiger partial charge in [0.15, 0.2) is 5.96 Å². The van der Waals surface area contributed by atoms with Crippen LogP contribution in [0.1, 0.15) is 17.5 Å². The smallest absolute Gasteiger partial charge is 0.193 e. The van der Waals surface area contributed by atoms with Gasteiger partial charge in [0.1, 0.15) is 0 Å². The zero-order valence-electron chi connectivity index (χ0n) is 13.8. The zero-order chi connectivity index (χ0) is 15.1. The highest BCUT2D eigenvalue weighted by atomic mass is 127. The van der Waals surface area contributed by atoms with Crippen LogP contribution in [0.2, 0.25) is 0 Å². The fourth-order valence-electron chi connectivity index (χ4n) is 2.79. The van der Waals surface area contributed by atoms with Gasteiger partial charge in [-0.05, 0) is 30.9 Å². The molecule has 22 heavy (non-hydrogen) atoms. The largest absolute Gasteiger partial charge is 0.381 e. The minimum atomic E-state index is 0. The third kappa shape index (κ3) is 5.76. The minimum Gasteiger partial charge on any atom is -0.381 e. The molecule has 124 valence electrons. The first-order chi connectivity index (χ1) is 10.2. The van der Waals surface area contributed by atoms with Crippen LogP contribution in [0.25, 0.3) is 0 Å². The summed E-state index contributed by atoms with van der Waals surface area (Å²) >= 11 is 0. The molecule has 0 bridgehead atoms. The maximum absolute atomic E-state index is 5.44. The van der Waals surface area contributed by atoms with Crippen LogP contribution in [0.5, 0.6) is 0 Å². The van der Waals surface area contributed by atoms with Crippen LogP contribution in [0, 0.1) is 12.8 Å². The molecule has 1 fully saturated rings. The van der Waals surface area contributed by atoms with Gasteiger partial charge in [-0.3, -0.25) is 4.99 Å². The zero-order valence-corrected chi connectivity index (χ0v) is 16.2. The Kier molecular flexibility index (Phi) is 8.78. The molecule has 4 nitrogen and oxygen atoms in total. The Morgan fingerprint density at radius 2 is 2.18 bits per heavy atom. The van der Waals surface area contributed by atoms with Gasteiger partial charge in [-0.1, -0.05) is 24.3 Å². The molecule has 0 spiro atoms. The summed E-state index contributed by atoms with van der Waals surface area (Å²) in [6.45, 7) is 5.85. The number of aryl methyl sites for hydroxylation is 1. The second-order valence-electron chi connectivity index (χ2n) is 5.76. The molecule has 2 rings (SSSR count). The van der Waals surface area contributed by atoms with Crippen molar-refractivity contribution >= 4 is 29.9 Å². The van der Waals surface area contributed by atoms with Crippen LogP contribution in [0.4, 0.5) is 0 Å². The van der Waals surface area contributed by atoms with E-state index in [-0.39, 0.29) is 24.0 Å². The summed E-state index contributed by atoms with van der Waals surface area (Å²) in [6.07, 6.45) is 2.18. The summed E-state index contributed by atoms with van der Waals surface area (Å²) in [4.78, 5) is 6.58. The first-order valence-corrected chi connectivity index (χ1v) is 7.74. The molecule has 1 atom stereocenters. The van der Waals surface area contributed by atoms with Crippen LogP contribution in [-0.4, -0.2) is 51.3 Å². The molecule has 1 unspecified atom stereocenters.